The van der Waals surface area contributed by atoms with E-state index >= 15 is 0 Å². The van der Waals surface area contributed by atoms with Gasteiger partial charge in [-0.15, -0.1) is 35.3 Å². The smallest absolute Gasteiger partial charge is 0.308 e. The average Bonchev–Trinajstić information content (AvgIpc) is 3.10. The summed E-state index contributed by atoms with van der Waals surface area (Å²) in [6.07, 6.45) is 3.65. The summed E-state index contributed by atoms with van der Waals surface area (Å²) < 4.78 is 5.14. The Morgan fingerprint density at radius 2 is 2.04 bits per heavy atom. The number of rotatable bonds is 7. The number of anilines is 1. The first-order valence-corrected chi connectivity index (χ1v) is 10.2. The Morgan fingerprint density at radius 3 is 2.59 bits per heavy atom. The molecule has 0 radical (unpaired) electrons. The van der Waals surface area contributed by atoms with Gasteiger partial charge in [0, 0.05) is 32.1 Å². The van der Waals surface area contributed by atoms with Crippen LogP contribution in [-0.2, 0) is 16.1 Å². The molecule has 0 atom stereocenters. The molecule has 0 amide bonds. The summed E-state index contributed by atoms with van der Waals surface area (Å²) in [5.74, 6) is 0.810. The third-order valence-corrected chi connectivity index (χ3v) is 5.41. The summed E-state index contributed by atoms with van der Waals surface area (Å²) in [4.78, 5) is 23.1. The van der Waals surface area contributed by atoms with Gasteiger partial charge >= 0.3 is 5.97 Å². The van der Waals surface area contributed by atoms with Gasteiger partial charge in [0.2, 0.25) is 0 Å². The maximum Gasteiger partial charge on any atom is 0.308 e. The van der Waals surface area contributed by atoms with E-state index in [2.05, 4.69) is 27.5 Å². The molecule has 154 valence electrons. The Morgan fingerprint density at radius 1 is 1.33 bits per heavy atom. The monoisotopic (exact) mass is 509 g/mol. The van der Waals surface area contributed by atoms with Gasteiger partial charge in [-0.25, -0.2) is 9.98 Å². The van der Waals surface area contributed by atoms with Crippen LogP contribution < -0.4 is 15.5 Å². The van der Waals surface area contributed by atoms with Crippen LogP contribution >= 0.6 is 35.3 Å². The lowest BCUT2D eigenvalue weighted by atomic mass is 9.86. The van der Waals surface area contributed by atoms with E-state index < -0.39 is 0 Å². The first-order chi connectivity index (χ1) is 12.5. The number of nitrogens with zero attached hydrogens (tertiary/aromatic N) is 3. The van der Waals surface area contributed by atoms with Crippen LogP contribution in [0.2, 0.25) is 0 Å². The first-order valence-electron chi connectivity index (χ1n) is 9.36. The second-order valence-electron chi connectivity index (χ2n) is 6.66. The molecular formula is C18H32IN5O2S. The standard InChI is InChI=1S/C18H31N5O2S.HI/c1-5-19-17(20-11-15-12-26-18(22-15)23(3)4)21-14-9-7-13(8-10-14)16(24)25-6-2;/h12-14H,5-11H2,1-4H3,(H2,19,20,21);1H. The molecule has 2 N–H and O–H groups in total. The average molecular weight is 509 g/mol. The van der Waals surface area contributed by atoms with Crippen LogP contribution in [-0.4, -0.2) is 50.2 Å². The summed E-state index contributed by atoms with van der Waals surface area (Å²) in [6, 6.07) is 0.339. The summed E-state index contributed by atoms with van der Waals surface area (Å²) in [6.45, 7) is 5.73. The predicted molar refractivity (Wildman–Crippen MR) is 122 cm³/mol. The molecule has 7 nitrogen and oxygen atoms in total. The Kier molecular flexibility index (Phi) is 11.0. The largest absolute Gasteiger partial charge is 0.466 e. The highest BCUT2D eigenvalue weighted by molar-refractivity contribution is 14.0. The number of esters is 1. The normalized spacial score (nSPS) is 19.8. The number of aliphatic imine (C=N–C) groups is 1. The van der Waals surface area contributed by atoms with Gasteiger partial charge in [0.1, 0.15) is 0 Å². The van der Waals surface area contributed by atoms with Crippen molar-refractivity contribution in [1.29, 1.82) is 0 Å². The lowest BCUT2D eigenvalue weighted by Gasteiger charge is -2.29. The molecule has 0 aromatic carbocycles. The zero-order chi connectivity index (χ0) is 18.9. The number of thiazole rings is 1. The maximum atomic E-state index is 11.9. The minimum atomic E-state index is -0.0493. The minimum Gasteiger partial charge on any atom is -0.466 e. The highest BCUT2D eigenvalue weighted by Crippen LogP contribution is 2.25. The number of ether oxygens (including phenoxy) is 1. The SMILES string of the molecule is CCNC(=NCc1csc(N(C)C)n1)NC1CCC(C(=O)OCC)CC1.I. The van der Waals surface area contributed by atoms with E-state index in [-0.39, 0.29) is 35.9 Å². The fourth-order valence-corrected chi connectivity index (χ4v) is 3.73. The first kappa shape index (κ1) is 23.9. The van der Waals surface area contributed by atoms with E-state index in [0.717, 1.165) is 49.0 Å². The Bertz CT molecular complexity index is 600. The molecule has 9 heteroatoms. The molecule has 1 saturated carbocycles. The van der Waals surface area contributed by atoms with Crippen molar-refractivity contribution in [2.45, 2.75) is 52.1 Å². The molecule has 1 aliphatic carbocycles. The Labute approximate surface area is 183 Å². The van der Waals surface area contributed by atoms with Crippen LogP contribution in [0, 0.1) is 5.92 Å². The summed E-state index contributed by atoms with van der Waals surface area (Å²) in [7, 11) is 3.98. The number of nitrogens with one attached hydrogen (secondary N) is 2. The second kappa shape index (κ2) is 12.4. The van der Waals surface area contributed by atoms with E-state index in [9.17, 15) is 4.79 Å². The Balaban J connectivity index is 0.00000364. The van der Waals surface area contributed by atoms with Crippen LogP contribution in [0.15, 0.2) is 10.4 Å². The van der Waals surface area contributed by atoms with E-state index in [1.807, 2.05) is 31.3 Å². The van der Waals surface area contributed by atoms with E-state index in [1.54, 1.807) is 11.3 Å². The molecule has 1 aromatic rings. The predicted octanol–water partition coefficient (Wildman–Crippen LogP) is 3.00. The van der Waals surface area contributed by atoms with Crippen LogP contribution in [0.5, 0.6) is 0 Å². The zero-order valence-corrected chi connectivity index (χ0v) is 19.8. The van der Waals surface area contributed by atoms with Crippen molar-refractivity contribution < 1.29 is 9.53 Å². The lowest BCUT2D eigenvalue weighted by molar-refractivity contribution is -0.149. The molecule has 1 aliphatic rings. The van der Waals surface area contributed by atoms with Crippen molar-refractivity contribution >= 4 is 52.4 Å². The lowest BCUT2D eigenvalue weighted by Crippen LogP contribution is -2.45. The van der Waals surface area contributed by atoms with Crippen molar-refractivity contribution in [1.82, 2.24) is 15.6 Å². The van der Waals surface area contributed by atoms with E-state index in [0.29, 0.717) is 19.2 Å². The van der Waals surface area contributed by atoms with Crippen molar-refractivity contribution in [3.05, 3.63) is 11.1 Å². The number of hydrogen-bond acceptors (Lipinski definition) is 6. The molecule has 0 unspecified atom stereocenters. The van der Waals surface area contributed by atoms with Crippen molar-refractivity contribution in [2.75, 3.05) is 32.1 Å². The van der Waals surface area contributed by atoms with Crippen molar-refractivity contribution in [3.8, 4) is 0 Å². The highest BCUT2D eigenvalue weighted by Gasteiger charge is 2.27. The van der Waals surface area contributed by atoms with E-state index in [1.165, 1.54) is 0 Å². The van der Waals surface area contributed by atoms with Gasteiger partial charge in [-0.1, -0.05) is 0 Å². The van der Waals surface area contributed by atoms with Gasteiger partial charge < -0.3 is 20.3 Å². The fraction of sp³-hybridized carbons (Fsp3) is 0.722. The molecule has 0 spiro atoms. The highest BCUT2D eigenvalue weighted by atomic mass is 127. The van der Waals surface area contributed by atoms with Crippen LogP contribution in [0.3, 0.4) is 0 Å². The van der Waals surface area contributed by atoms with Crippen LogP contribution in [0.1, 0.15) is 45.2 Å². The van der Waals surface area contributed by atoms with Gasteiger partial charge in [0.05, 0.1) is 24.8 Å². The topological polar surface area (TPSA) is 78.9 Å². The molecule has 1 fully saturated rings. The molecule has 0 aliphatic heterocycles. The second-order valence-corrected chi connectivity index (χ2v) is 7.49. The van der Waals surface area contributed by atoms with Gasteiger partial charge in [-0.3, -0.25) is 4.79 Å². The van der Waals surface area contributed by atoms with Gasteiger partial charge in [-0.2, -0.15) is 0 Å². The number of halogens is 1. The number of carbonyl (C=O) groups is 1. The minimum absolute atomic E-state index is 0. The number of aromatic nitrogens is 1. The molecular weight excluding hydrogens is 477 g/mol. The van der Waals surface area contributed by atoms with Crippen molar-refractivity contribution in [3.63, 3.8) is 0 Å². The van der Waals surface area contributed by atoms with Crippen LogP contribution in [0.4, 0.5) is 5.13 Å². The Hall–Kier alpha value is -1.10. The quantitative estimate of drug-likeness (QED) is 0.255. The number of hydrogen-bond donors (Lipinski definition) is 2. The molecule has 0 bridgehead atoms. The molecule has 1 aromatic heterocycles. The van der Waals surface area contributed by atoms with Gasteiger partial charge in [0.25, 0.3) is 0 Å². The third kappa shape index (κ3) is 7.81. The van der Waals surface area contributed by atoms with E-state index in [4.69, 9.17) is 4.74 Å². The number of carbonyl (C=O) groups excluding carboxylic acids is 1. The van der Waals surface area contributed by atoms with Gasteiger partial charge in [0.15, 0.2) is 11.1 Å². The van der Waals surface area contributed by atoms with Crippen molar-refractivity contribution in [2.24, 2.45) is 10.9 Å². The molecule has 1 heterocycles. The maximum absolute atomic E-state index is 11.9. The molecule has 27 heavy (non-hydrogen) atoms. The summed E-state index contributed by atoms with van der Waals surface area (Å²) in [5.41, 5.74) is 0.974. The zero-order valence-electron chi connectivity index (χ0n) is 16.7. The van der Waals surface area contributed by atoms with Gasteiger partial charge in [-0.05, 0) is 39.5 Å². The number of guanidine groups is 1. The fourth-order valence-electron chi connectivity index (χ4n) is 2.98. The third-order valence-electron chi connectivity index (χ3n) is 4.35. The summed E-state index contributed by atoms with van der Waals surface area (Å²) >= 11 is 1.63. The molecule has 2 rings (SSSR count). The molecule has 0 saturated heterocycles. The summed E-state index contributed by atoms with van der Waals surface area (Å²) in [5, 5.41) is 9.84. The van der Waals surface area contributed by atoms with Crippen LogP contribution in [0.25, 0.3) is 0 Å².